The first-order valence-electron chi connectivity index (χ1n) is 6.39. The van der Waals surface area contributed by atoms with Crippen LogP contribution < -0.4 is 5.32 Å². The molecule has 1 N–H and O–H groups in total. The van der Waals surface area contributed by atoms with Crippen molar-refractivity contribution >= 4 is 29.2 Å². The zero-order valence-electron chi connectivity index (χ0n) is 11.9. The van der Waals surface area contributed by atoms with Crippen molar-refractivity contribution in [2.45, 2.75) is 20.0 Å². The third-order valence-electron chi connectivity index (χ3n) is 2.92. The standard InChI is InChI=1S/C15H13ClFNO4/c1-8-11(5-6-21-8)15(20)22-9(2)14(19)18-13-4-3-10(16)7-12(13)17/h3-7,9H,1-2H3,(H,18,19)/t9-/m0/s1. The first-order valence-corrected chi connectivity index (χ1v) is 6.77. The Morgan fingerprint density at radius 3 is 2.68 bits per heavy atom. The van der Waals surface area contributed by atoms with Crippen LogP contribution in [0.5, 0.6) is 0 Å². The zero-order valence-corrected chi connectivity index (χ0v) is 12.6. The van der Waals surface area contributed by atoms with Gasteiger partial charge in [0, 0.05) is 5.02 Å². The Labute approximate surface area is 131 Å². The lowest BCUT2D eigenvalue weighted by Crippen LogP contribution is -2.30. The molecule has 0 radical (unpaired) electrons. The van der Waals surface area contributed by atoms with Gasteiger partial charge in [-0.1, -0.05) is 11.6 Å². The predicted molar refractivity (Wildman–Crippen MR) is 78.4 cm³/mol. The van der Waals surface area contributed by atoms with Gasteiger partial charge in [-0.25, -0.2) is 9.18 Å². The van der Waals surface area contributed by atoms with E-state index in [2.05, 4.69) is 5.32 Å². The summed E-state index contributed by atoms with van der Waals surface area (Å²) in [7, 11) is 0. The van der Waals surface area contributed by atoms with Crippen LogP contribution in [-0.4, -0.2) is 18.0 Å². The van der Waals surface area contributed by atoms with E-state index < -0.39 is 23.8 Å². The summed E-state index contributed by atoms with van der Waals surface area (Å²) in [6.07, 6.45) is 0.247. The fourth-order valence-corrected chi connectivity index (χ4v) is 1.86. The molecule has 1 aromatic heterocycles. The van der Waals surface area contributed by atoms with E-state index in [9.17, 15) is 14.0 Å². The monoisotopic (exact) mass is 325 g/mol. The van der Waals surface area contributed by atoms with Crippen LogP contribution in [0.25, 0.3) is 0 Å². The summed E-state index contributed by atoms with van der Waals surface area (Å²) < 4.78 is 23.6. The van der Waals surface area contributed by atoms with E-state index in [4.69, 9.17) is 20.8 Å². The number of amides is 1. The fraction of sp³-hybridized carbons (Fsp3) is 0.200. The molecular weight excluding hydrogens is 313 g/mol. The lowest BCUT2D eigenvalue weighted by molar-refractivity contribution is -0.123. The summed E-state index contributed by atoms with van der Waals surface area (Å²) in [5, 5.41) is 2.54. The van der Waals surface area contributed by atoms with Gasteiger partial charge < -0.3 is 14.5 Å². The maximum Gasteiger partial charge on any atom is 0.342 e. The molecule has 0 saturated carbocycles. The van der Waals surface area contributed by atoms with Crippen LogP contribution in [0.15, 0.2) is 34.9 Å². The number of ether oxygens (including phenoxy) is 1. The van der Waals surface area contributed by atoms with Gasteiger partial charge in [-0.15, -0.1) is 0 Å². The minimum Gasteiger partial charge on any atom is -0.469 e. The fourth-order valence-electron chi connectivity index (χ4n) is 1.70. The molecule has 0 unspecified atom stereocenters. The van der Waals surface area contributed by atoms with Crippen LogP contribution in [0.1, 0.15) is 23.0 Å². The van der Waals surface area contributed by atoms with E-state index in [-0.39, 0.29) is 16.3 Å². The van der Waals surface area contributed by atoms with Gasteiger partial charge in [0.05, 0.1) is 12.0 Å². The van der Waals surface area contributed by atoms with Gasteiger partial charge in [-0.2, -0.15) is 0 Å². The highest BCUT2D eigenvalue weighted by molar-refractivity contribution is 6.30. The van der Waals surface area contributed by atoms with Gasteiger partial charge in [0.15, 0.2) is 6.10 Å². The highest BCUT2D eigenvalue weighted by Gasteiger charge is 2.22. The quantitative estimate of drug-likeness (QED) is 0.873. The number of benzene rings is 1. The molecule has 116 valence electrons. The Kier molecular flexibility index (Phi) is 4.82. The molecule has 1 aromatic carbocycles. The van der Waals surface area contributed by atoms with E-state index >= 15 is 0 Å². The molecule has 0 spiro atoms. The van der Waals surface area contributed by atoms with E-state index in [1.54, 1.807) is 6.92 Å². The summed E-state index contributed by atoms with van der Waals surface area (Å²) in [4.78, 5) is 23.8. The highest BCUT2D eigenvalue weighted by atomic mass is 35.5. The van der Waals surface area contributed by atoms with Crippen LogP contribution in [0.4, 0.5) is 10.1 Å². The number of anilines is 1. The summed E-state index contributed by atoms with van der Waals surface area (Å²) in [5.74, 6) is -1.63. The highest BCUT2D eigenvalue weighted by Crippen LogP contribution is 2.19. The summed E-state index contributed by atoms with van der Waals surface area (Å²) >= 11 is 5.63. The molecule has 0 aliphatic carbocycles. The van der Waals surface area contributed by atoms with E-state index in [1.807, 2.05) is 0 Å². The largest absolute Gasteiger partial charge is 0.469 e. The molecule has 0 bridgehead atoms. The predicted octanol–water partition coefficient (Wildman–Crippen LogP) is 3.56. The van der Waals surface area contributed by atoms with Crippen molar-refractivity contribution in [2.24, 2.45) is 0 Å². The Hall–Kier alpha value is -2.34. The number of hydrogen-bond donors (Lipinski definition) is 1. The molecule has 0 fully saturated rings. The smallest absolute Gasteiger partial charge is 0.342 e. The molecule has 1 heterocycles. The lowest BCUT2D eigenvalue weighted by atomic mass is 10.2. The molecule has 0 aliphatic rings. The van der Waals surface area contributed by atoms with E-state index in [0.29, 0.717) is 5.76 Å². The van der Waals surface area contributed by atoms with Gasteiger partial charge in [0.1, 0.15) is 17.1 Å². The van der Waals surface area contributed by atoms with Crippen LogP contribution in [0.3, 0.4) is 0 Å². The number of carbonyl (C=O) groups excluding carboxylic acids is 2. The summed E-state index contributed by atoms with van der Waals surface area (Å²) in [6.45, 7) is 2.99. The molecule has 7 heteroatoms. The van der Waals surface area contributed by atoms with Crippen molar-refractivity contribution in [2.75, 3.05) is 5.32 Å². The number of hydrogen-bond acceptors (Lipinski definition) is 4. The topological polar surface area (TPSA) is 68.5 Å². The minimum atomic E-state index is -1.10. The number of nitrogens with one attached hydrogen (secondary N) is 1. The SMILES string of the molecule is Cc1occc1C(=O)O[C@@H](C)C(=O)Nc1ccc(Cl)cc1F. The van der Waals surface area contributed by atoms with Crippen LogP contribution in [0, 0.1) is 12.7 Å². The average molecular weight is 326 g/mol. The Morgan fingerprint density at radius 1 is 1.36 bits per heavy atom. The number of rotatable bonds is 4. The van der Waals surface area contributed by atoms with Crippen molar-refractivity contribution in [3.63, 3.8) is 0 Å². The van der Waals surface area contributed by atoms with Gasteiger partial charge in [0.2, 0.25) is 0 Å². The maximum atomic E-state index is 13.6. The molecule has 0 aliphatic heterocycles. The third kappa shape index (κ3) is 3.65. The molecular formula is C15H13ClFNO4. The Bertz CT molecular complexity index is 713. The number of aryl methyl sites for hydroxylation is 1. The van der Waals surface area contributed by atoms with Gasteiger partial charge in [-0.05, 0) is 38.1 Å². The van der Waals surface area contributed by atoms with E-state index in [1.165, 1.54) is 31.4 Å². The third-order valence-corrected chi connectivity index (χ3v) is 3.16. The van der Waals surface area contributed by atoms with E-state index in [0.717, 1.165) is 6.07 Å². The number of halogens is 2. The molecule has 0 saturated heterocycles. The number of esters is 1. The molecule has 2 aromatic rings. The zero-order chi connectivity index (χ0) is 16.3. The maximum absolute atomic E-state index is 13.6. The van der Waals surface area contributed by atoms with Crippen LogP contribution >= 0.6 is 11.6 Å². The second-order valence-corrected chi connectivity index (χ2v) is 4.99. The normalized spacial score (nSPS) is 11.8. The Morgan fingerprint density at radius 2 is 2.09 bits per heavy atom. The van der Waals surface area contributed by atoms with Crippen molar-refractivity contribution in [1.82, 2.24) is 0 Å². The van der Waals surface area contributed by atoms with Gasteiger partial charge in [-0.3, -0.25) is 4.79 Å². The lowest BCUT2D eigenvalue weighted by Gasteiger charge is -2.13. The minimum absolute atomic E-state index is 0.0446. The van der Waals surface area contributed by atoms with Gasteiger partial charge >= 0.3 is 5.97 Å². The molecule has 5 nitrogen and oxygen atoms in total. The first kappa shape index (κ1) is 16.0. The van der Waals surface area contributed by atoms with Gasteiger partial charge in [0.25, 0.3) is 5.91 Å². The van der Waals surface area contributed by atoms with Crippen molar-refractivity contribution in [1.29, 1.82) is 0 Å². The van der Waals surface area contributed by atoms with Crippen molar-refractivity contribution < 1.29 is 23.1 Å². The molecule has 22 heavy (non-hydrogen) atoms. The van der Waals surface area contributed by atoms with Crippen molar-refractivity contribution in [3.8, 4) is 0 Å². The number of carbonyl (C=O) groups is 2. The second kappa shape index (κ2) is 6.62. The molecule has 1 amide bonds. The van der Waals surface area contributed by atoms with Crippen molar-refractivity contribution in [3.05, 3.63) is 52.7 Å². The summed E-state index contributed by atoms with van der Waals surface area (Å²) in [5.41, 5.74) is 0.189. The van der Waals surface area contributed by atoms with Crippen LogP contribution in [0.2, 0.25) is 5.02 Å². The number of furan rings is 1. The van der Waals surface area contributed by atoms with Crippen LogP contribution in [-0.2, 0) is 9.53 Å². The Balaban J connectivity index is 2.00. The summed E-state index contributed by atoms with van der Waals surface area (Å²) in [6, 6.07) is 5.28. The first-order chi connectivity index (χ1) is 10.4. The molecule has 1 atom stereocenters. The second-order valence-electron chi connectivity index (χ2n) is 4.55. The molecule has 2 rings (SSSR count). The average Bonchev–Trinajstić information content (AvgIpc) is 2.88.